The van der Waals surface area contributed by atoms with Gasteiger partial charge < -0.3 is 9.13 Å². The zero-order chi connectivity index (χ0) is 88.7. The summed E-state index contributed by atoms with van der Waals surface area (Å²) in [6, 6.07) is 158. The molecule has 3 aliphatic heterocycles. The Balaban J connectivity index is 0.0000000944. The predicted octanol–water partition coefficient (Wildman–Crippen LogP) is 30.8. The summed E-state index contributed by atoms with van der Waals surface area (Å²) < 4.78 is 11.7. The maximum absolute atomic E-state index is 5.29. The molecule has 0 N–H and O–H groups in total. The standard InChI is InChI=1S/C44H26N4.C29H18N2.C27H18N4.C23H14N2/c1-2-12-29(13-3-1)47-39-20-10-6-15-31(39)34-24-27(22-23-41(34)47)28-25-35-30-14-4-5-17-33(30)42-44(46-38-19-9-8-18-37(38)45-42)48-40-21-11-7-16-32(40)36(26-28)43(35)48;1-2-9-19(10-3-1)26-18-17-25-21-12-5-4-11-20(21)23-14-8-15-24-22-13-6-7-16-27(22)31(28(23)24)29(25)30-26;1-2-10-19(11-3-1)27-29-23(22-14-8-9-17-28-22)18-26(30-27)31-24-15-6-4-12-20(24)21-13-5-7-16-25(21)31;1-2-9-17-15(7-1)18-10-5-11-19-16-8-3-4-12-20(16)25(23(18)19)21-13-6-14-24-22(17)21/h1-26H;2*1-18H;1-14H. The van der Waals surface area contributed by atoms with Crippen molar-refractivity contribution in [1.82, 2.24) is 57.7 Å². The average Bonchev–Trinajstić information content (AvgIpc) is 1.55. The van der Waals surface area contributed by atoms with Crippen LogP contribution in [0.15, 0.2) is 461 Å². The summed E-state index contributed by atoms with van der Waals surface area (Å²) in [7, 11) is 0. The largest absolute Gasteiger partial charge is 0.309 e. The van der Waals surface area contributed by atoms with Gasteiger partial charge in [0, 0.05) is 123 Å². The van der Waals surface area contributed by atoms with Crippen molar-refractivity contribution in [1.29, 1.82) is 0 Å². The molecule has 0 saturated carbocycles. The Labute approximate surface area is 774 Å². The van der Waals surface area contributed by atoms with E-state index in [0.29, 0.717) is 5.82 Å². The summed E-state index contributed by atoms with van der Waals surface area (Å²) in [5.41, 5.74) is 37.0. The second-order valence-electron chi connectivity index (χ2n) is 34.5. The van der Waals surface area contributed by atoms with Crippen LogP contribution in [0.2, 0.25) is 0 Å². The van der Waals surface area contributed by atoms with Crippen molar-refractivity contribution in [2.45, 2.75) is 0 Å². The molecule has 27 aromatic rings. The molecule has 12 heteroatoms. The zero-order valence-corrected chi connectivity index (χ0v) is 72.7. The van der Waals surface area contributed by atoms with Crippen LogP contribution in [0.5, 0.6) is 0 Å². The summed E-state index contributed by atoms with van der Waals surface area (Å²) in [5.74, 6) is 3.37. The Morgan fingerprint density at radius 3 is 1.24 bits per heavy atom. The van der Waals surface area contributed by atoms with Crippen LogP contribution in [0.1, 0.15) is 0 Å². The summed E-state index contributed by atoms with van der Waals surface area (Å²) in [5, 5.41) is 12.4. The molecule has 0 amide bonds. The average molecular weight is 1720 g/mol. The molecule has 12 nitrogen and oxygen atoms in total. The maximum Gasteiger partial charge on any atom is 0.165 e. The van der Waals surface area contributed by atoms with E-state index in [4.69, 9.17) is 29.9 Å². The van der Waals surface area contributed by atoms with Crippen molar-refractivity contribution in [3.8, 4) is 141 Å². The molecule has 13 heterocycles. The molecule has 628 valence electrons. The smallest absolute Gasteiger partial charge is 0.165 e. The van der Waals surface area contributed by atoms with Gasteiger partial charge >= 0.3 is 0 Å². The third-order valence-electron chi connectivity index (χ3n) is 27.1. The van der Waals surface area contributed by atoms with Crippen LogP contribution in [0, 0.1) is 0 Å². The fraction of sp³-hybridized carbons (Fsp3) is 0. The van der Waals surface area contributed by atoms with Gasteiger partial charge in [-0.25, -0.2) is 24.9 Å². The van der Waals surface area contributed by atoms with Gasteiger partial charge in [0.15, 0.2) is 11.6 Å². The third kappa shape index (κ3) is 12.3. The molecule has 17 aromatic carbocycles. The van der Waals surface area contributed by atoms with Crippen LogP contribution < -0.4 is 0 Å². The number of hydrogen-bond donors (Lipinski definition) is 0. The summed E-state index contributed by atoms with van der Waals surface area (Å²) in [6.07, 6.45) is 3.67. The number of benzene rings is 17. The van der Waals surface area contributed by atoms with Gasteiger partial charge in [0.05, 0.1) is 94.7 Å². The van der Waals surface area contributed by atoms with Crippen molar-refractivity contribution >= 4 is 120 Å². The van der Waals surface area contributed by atoms with Crippen molar-refractivity contribution < 1.29 is 0 Å². The van der Waals surface area contributed by atoms with Crippen LogP contribution >= 0.6 is 0 Å². The monoisotopic (exact) mass is 1720 g/mol. The molecular weight excluding hydrogens is 1650 g/mol. The van der Waals surface area contributed by atoms with E-state index in [2.05, 4.69) is 398 Å². The van der Waals surface area contributed by atoms with Gasteiger partial charge in [-0.2, -0.15) is 0 Å². The van der Waals surface area contributed by atoms with Crippen LogP contribution in [-0.4, -0.2) is 57.7 Å². The first-order chi connectivity index (χ1) is 67.0. The molecule has 0 saturated heterocycles. The number of rotatable bonds is 6. The SMILES string of the molecule is c1ccc(-c2ccc3c(n2)-n2c4ccccc4c4cccc(c42)-c2ccccc2-3)cc1.c1ccc(-c2nc(-c3ccccn3)cc(-n3c4ccccc4c4ccccc43)n2)cc1.c1ccc(-n2c3ccccc3c3cc(-c4cc5c6c(c4)c4ccccc4n6-c4nc6ccccc6nc4-c4ccccc4-5)ccc32)cc1.c1ccc2c(c1)-c1ncccc1-n1c3ccccc3c3cccc-2c31. The minimum absolute atomic E-state index is 0.681. The van der Waals surface area contributed by atoms with Gasteiger partial charge in [-0.15, -0.1) is 0 Å². The van der Waals surface area contributed by atoms with E-state index < -0.39 is 0 Å². The Morgan fingerprint density at radius 2 is 0.615 bits per heavy atom. The van der Waals surface area contributed by atoms with E-state index in [1.807, 2.05) is 85.1 Å². The molecule has 0 radical (unpaired) electrons. The molecule has 0 atom stereocenters. The van der Waals surface area contributed by atoms with Gasteiger partial charge in [0.1, 0.15) is 17.3 Å². The summed E-state index contributed by atoms with van der Waals surface area (Å²) in [4.78, 5) is 34.9. The summed E-state index contributed by atoms with van der Waals surface area (Å²) in [6.45, 7) is 0. The van der Waals surface area contributed by atoms with E-state index in [-0.39, 0.29) is 0 Å². The molecule has 0 aliphatic carbocycles. The highest BCUT2D eigenvalue weighted by molar-refractivity contribution is 6.21. The second-order valence-corrected chi connectivity index (χ2v) is 34.5. The van der Waals surface area contributed by atoms with E-state index >= 15 is 0 Å². The number of pyridine rings is 3. The van der Waals surface area contributed by atoms with Crippen molar-refractivity contribution in [3.63, 3.8) is 0 Å². The minimum atomic E-state index is 0.681. The Bertz CT molecular complexity index is 9400. The van der Waals surface area contributed by atoms with Gasteiger partial charge in [-0.3, -0.25) is 23.7 Å². The molecular formula is C123H76N12. The molecule has 0 fully saturated rings. The second kappa shape index (κ2) is 31.2. The first-order valence-corrected chi connectivity index (χ1v) is 45.7. The Kier molecular flexibility index (Phi) is 17.7. The Morgan fingerprint density at radius 1 is 0.178 bits per heavy atom. The maximum atomic E-state index is 5.29. The van der Waals surface area contributed by atoms with E-state index in [0.717, 1.165) is 113 Å². The molecule has 0 bridgehead atoms. The lowest BCUT2D eigenvalue weighted by molar-refractivity contribution is 1.04. The minimum Gasteiger partial charge on any atom is -0.309 e. The first-order valence-electron chi connectivity index (χ1n) is 45.7. The van der Waals surface area contributed by atoms with Gasteiger partial charge in [-0.05, 0) is 155 Å². The van der Waals surface area contributed by atoms with Gasteiger partial charge in [0.25, 0.3) is 0 Å². The molecule has 10 aromatic heterocycles. The fourth-order valence-electron chi connectivity index (χ4n) is 21.2. The van der Waals surface area contributed by atoms with Crippen molar-refractivity contribution in [2.75, 3.05) is 0 Å². The van der Waals surface area contributed by atoms with Gasteiger partial charge in [0.2, 0.25) is 0 Å². The van der Waals surface area contributed by atoms with E-state index in [1.54, 1.807) is 6.20 Å². The number of para-hydroxylation sites is 11. The first kappa shape index (κ1) is 76.6. The van der Waals surface area contributed by atoms with Crippen molar-refractivity contribution in [2.24, 2.45) is 0 Å². The quantitative estimate of drug-likeness (QED) is 0.163. The Hall–Kier alpha value is -18.4. The molecule has 0 spiro atoms. The van der Waals surface area contributed by atoms with Crippen LogP contribution in [0.3, 0.4) is 0 Å². The highest BCUT2D eigenvalue weighted by Crippen LogP contribution is 2.52. The van der Waals surface area contributed by atoms with Crippen LogP contribution in [-0.2, 0) is 0 Å². The number of aromatic nitrogens is 12. The van der Waals surface area contributed by atoms with E-state index in [9.17, 15) is 0 Å². The highest BCUT2D eigenvalue weighted by atomic mass is 15.1. The number of fused-ring (bicyclic) bond motifs is 31. The van der Waals surface area contributed by atoms with Gasteiger partial charge in [-0.1, -0.05) is 322 Å². The fourth-order valence-corrected chi connectivity index (χ4v) is 21.2. The number of nitrogens with zero attached hydrogens (tertiary/aromatic N) is 12. The van der Waals surface area contributed by atoms with Crippen molar-refractivity contribution in [3.05, 3.63) is 461 Å². The lowest BCUT2D eigenvalue weighted by Crippen LogP contribution is -2.02. The highest BCUT2D eigenvalue weighted by Gasteiger charge is 2.32. The lowest BCUT2D eigenvalue weighted by atomic mass is 9.92. The van der Waals surface area contributed by atoms with E-state index in [1.165, 1.54) is 143 Å². The normalized spacial score (nSPS) is 11.9. The lowest BCUT2D eigenvalue weighted by Gasteiger charge is -2.13. The molecule has 30 rings (SSSR count). The van der Waals surface area contributed by atoms with Crippen LogP contribution in [0.25, 0.3) is 261 Å². The van der Waals surface area contributed by atoms with Crippen LogP contribution in [0.4, 0.5) is 0 Å². The molecule has 3 aliphatic rings. The predicted molar refractivity (Wildman–Crippen MR) is 555 cm³/mol. The zero-order valence-electron chi connectivity index (χ0n) is 72.7. The number of hydrogen-bond acceptors (Lipinski definition) is 7. The third-order valence-corrected chi connectivity index (χ3v) is 27.1. The topological polar surface area (TPSA) is 115 Å². The summed E-state index contributed by atoms with van der Waals surface area (Å²) >= 11 is 0. The molecule has 135 heavy (non-hydrogen) atoms. The molecule has 0 unspecified atom stereocenters.